The van der Waals surface area contributed by atoms with E-state index in [2.05, 4.69) is 16.0 Å². The molecule has 0 aliphatic carbocycles. The highest BCUT2D eigenvalue weighted by atomic mass is 32.2. The molecule has 2 aromatic rings. The van der Waals surface area contributed by atoms with Crippen LogP contribution in [-0.2, 0) is 9.84 Å². The minimum atomic E-state index is -3.40. The molecule has 1 aliphatic rings. The minimum Gasteiger partial charge on any atom is -0.350 e. The van der Waals surface area contributed by atoms with Gasteiger partial charge in [0.05, 0.1) is 16.7 Å². The topological polar surface area (TPSA) is 104 Å². The maximum absolute atomic E-state index is 13.5. The smallest absolute Gasteiger partial charge is 0.315 e. The summed E-state index contributed by atoms with van der Waals surface area (Å²) in [5, 5.41) is 7.77. The molecule has 3 N–H and O–H groups in total. The van der Waals surface area contributed by atoms with Crippen LogP contribution in [0, 0.1) is 12.7 Å². The molecule has 0 saturated heterocycles. The maximum atomic E-state index is 13.5. The number of rotatable bonds is 5. The second-order valence-electron chi connectivity index (χ2n) is 6.49. The van der Waals surface area contributed by atoms with E-state index in [0.717, 1.165) is 6.07 Å². The molecule has 28 heavy (non-hydrogen) atoms. The van der Waals surface area contributed by atoms with E-state index >= 15 is 0 Å². The number of nitrogens with one attached hydrogen (secondary N) is 3. The van der Waals surface area contributed by atoms with E-state index < -0.39 is 33.6 Å². The van der Waals surface area contributed by atoms with Crippen molar-refractivity contribution < 1.29 is 22.4 Å². The Morgan fingerprint density at radius 1 is 1.11 bits per heavy atom. The van der Waals surface area contributed by atoms with E-state index in [0.29, 0.717) is 11.1 Å². The molecular formula is C19H20FN3O4S. The Morgan fingerprint density at radius 2 is 1.82 bits per heavy atom. The number of hydrogen-bond acceptors (Lipinski definition) is 4. The first kappa shape index (κ1) is 19.8. The molecule has 0 aromatic heterocycles. The highest BCUT2D eigenvalue weighted by Crippen LogP contribution is 2.32. The number of amides is 3. The second-order valence-corrected chi connectivity index (χ2v) is 8.49. The summed E-state index contributed by atoms with van der Waals surface area (Å²) in [5.74, 6) is -1.09. The largest absolute Gasteiger partial charge is 0.350 e. The average Bonchev–Trinajstić information content (AvgIpc) is 2.91. The van der Waals surface area contributed by atoms with Gasteiger partial charge in [-0.05, 0) is 36.2 Å². The summed E-state index contributed by atoms with van der Waals surface area (Å²) in [7, 11) is -3.40. The molecule has 0 unspecified atom stereocenters. The van der Waals surface area contributed by atoms with Crippen molar-refractivity contribution in [3.8, 4) is 0 Å². The molecule has 1 atom stereocenters. The summed E-state index contributed by atoms with van der Waals surface area (Å²) in [4.78, 5) is 24.2. The first-order valence-corrected chi connectivity index (χ1v) is 10.3. The molecule has 1 aliphatic heterocycles. The normalized spacial score (nSPS) is 16.9. The van der Waals surface area contributed by atoms with E-state index in [4.69, 9.17) is 0 Å². The number of benzene rings is 2. The van der Waals surface area contributed by atoms with Crippen molar-refractivity contribution in [3.63, 3.8) is 0 Å². The van der Waals surface area contributed by atoms with Crippen LogP contribution < -0.4 is 16.0 Å². The molecule has 0 saturated carbocycles. The van der Waals surface area contributed by atoms with Crippen LogP contribution in [0.2, 0.25) is 0 Å². The molecule has 0 fully saturated rings. The predicted molar refractivity (Wildman–Crippen MR) is 101 cm³/mol. The molecule has 7 nitrogen and oxygen atoms in total. The predicted octanol–water partition coefficient (Wildman–Crippen LogP) is 1.69. The lowest BCUT2D eigenvalue weighted by Crippen LogP contribution is -2.42. The third-order valence-corrected chi connectivity index (χ3v) is 6.27. The van der Waals surface area contributed by atoms with Gasteiger partial charge in [-0.25, -0.2) is 17.6 Å². The highest BCUT2D eigenvalue weighted by molar-refractivity contribution is 7.91. The average molecular weight is 405 g/mol. The number of sulfone groups is 1. The zero-order chi connectivity index (χ0) is 20.3. The summed E-state index contributed by atoms with van der Waals surface area (Å²) < 4.78 is 37.7. The fourth-order valence-electron chi connectivity index (χ4n) is 2.97. The van der Waals surface area contributed by atoms with Crippen LogP contribution in [0.25, 0.3) is 0 Å². The molecule has 0 bridgehead atoms. The summed E-state index contributed by atoms with van der Waals surface area (Å²) in [6, 6.07) is 9.59. The van der Waals surface area contributed by atoms with Crippen molar-refractivity contribution in [2.24, 2.45) is 0 Å². The summed E-state index contributed by atoms with van der Waals surface area (Å²) >= 11 is 0. The van der Waals surface area contributed by atoms with Gasteiger partial charge in [0.15, 0.2) is 9.84 Å². The fraction of sp³-hybridized carbons (Fsp3) is 0.263. The van der Waals surface area contributed by atoms with Crippen molar-refractivity contribution in [1.29, 1.82) is 0 Å². The number of aryl methyl sites for hydroxylation is 1. The van der Waals surface area contributed by atoms with Crippen molar-refractivity contribution >= 4 is 21.8 Å². The Bertz CT molecular complexity index is 1020. The van der Waals surface area contributed by atoms with Crippen LogP contribution >= 0.6 is 0 Å². The summed E-state index contributed by atoms with van der Waals surface area (Å²) in [5.41, 5.74) is 1.21. The Kier molecular flexibility index (Phi) is 5.64. The van der Waals surface area contributed by atoms with Crippen molar-refractivity contribution in [3.05, 3.63) is 65.0 Å². The number of carbonyl (C=O) groups is 2. The number of carbonyl (C=O) groups excluding carboxylic acids is 2. The van der Waals surface area contributed by atoms with Gasteiger partial charge in [0.25, 0.3) is 5.91 Å². The van der Waals surface area contributed by atoms with E-state index in [1.807, 2.05) is 0 Å². The quantitative estimate of drug-likeness (QED) is 0.659. The standard InChI is InChI=1S/C19H20FN3O4S/c1-12-6-7-13(10-15(12)20)18(24)21-8-9-22-19(25)23-16-11-28(26,27)17-5-3-2-4-14(16)17/h2-7,10,16H,8-9,11H2,1H3,(H,21,24)(H2,22,23,25)/t16-/m0/s1. The lowest BCUT2D eigenvalue weighted by Gasteiger charge is -2.14. The van der Waals surface area contributed by atoms with E-state index in [1.165, 1.54) is 18.2 Å². The summed E-state index contributed by atoms with van der Waals surface area (Å²) in [6.07, 6.45) is 0. The zero-order valence-corrected chi connectivity index (χ0v) is 16.0. The van der Waals surface area contributed by atoms with Gasteiger partial charge in [-0.1, -0.05) is 24.3 Å². The Balaban J connectivity index is 1.47. The molecule has 0 radical (unpaired) electrons. The summed E-state index contributed by atoms with van der Waals surface area (Å²) in [6.45, 7) is 1.88. The van der Waals surface area contributed by atoms with Gasteiger partial charge in [0, 0.05) is 18.7 Å². The zero-order valence-electron chi connectivity index (χ0n) is 15.2. The van der Waals surface area contributed by atoms with Crippen LogP contribution in [0.15, 0.2) is 47.4 Å². The lowest BCUT2D eigenvalue weighted by molar-refractivity contribution is 0.0953. The Morgan fingerprint density at radius 3 is 2.57 bits per heavy atom. The van der Waals surface area contributed by atoms with Crippen LogP contribution in [0.3, 0.4) is 0 Å². The molecule has 148 valence electrons. The van der Waals surface area contributed by atoms with Crippen LogP contribution in [0.5, 0.6) is 0 Å². The fourth-order valence-corrected chi connectivity index (χ4v) is 4.70. The Hall–Kier alpha value is -2.94. The van der Waals surface area contributed by atoms with Crippen molar-refractivity contribution in [1.82, 2.24) is 16.0 Å². The van der Waals surface area contributed by atoms with E-state index in [-0.39, 0.29) is 29.3 Å². The SMILES string of the molecule is Cc1ccc(C(=O)NCCNC(=O)N[C@H]2CS(=O)(=O)c3ccccc32)cc1F. The minimum absolute atomic E-state index is 0.132. The van der Waals surface area contributed by atoms with Crippen molar-refractivity contribution in [2.45, 2.75) is 17.9 Å². The number of hydrogen-bond donors (Lipinski definition) is 3. The third-order valence-electron chi connectivity index (χ3n) is 4.45. The van der Waals surface area contributed by atoms with Crippen LogP contribution in [0.1, 0.15) is 27.5 Å². The van der Waals surface area contributed by atoms with E-state index in [1.54, 1.807) is 25.1 Å². The number of urea groups is 1. The number of fused-ring (bicyclic) bond motifs is 1. The molecule has 0 spiro atoms. The van der Waals surface area contributed by atoms with Crippen molar-refractivity contribution in [2.75, 3.05) is 18.8 Å². The van der Waals surface area contributed by atoms with E-state index in [9.17, 15) is 22.4 Å². The first-order chi connectivity index (χ1) is 13.3. The highest BCUT2D eigenvalue weighted by Gasteiger charge is 2.35. The van der Waals surface area contributed by atoms with Gasteiger partial charge in [0.1, 0.15) is 5.82 Å². The molecule has 2 aromatic carbocycles. The second kappa shape index (κ2) is 7.97. The molecular weight excluding hydrogens is 385 g/mol. The monoisotopic (exact) mass is 405 g/mol. The molecule has 9 heteroatoms. The first-order valence-electron chi connectivity index (χ1n) is 8.68. The molecule has 3 amide bonds. The Labute approximate surface area is 162 Å². The van der Waals surface area contributed by atoms with Gasteiger partial charge in [-0.3, -0.25) is 4.79 Å². The molecule has 1 heterocycles. The lowest BCUT2D eigenvalue weighted by atomic mass is 10.1. The van der Waals surface area contributed by atoms with Gasteiger partial charge in [0.2, 0.25) is 0 Å². The maximum Gasteiger partial charge on any atom is 0.315 e. The van der Waals surface area contributed by atoms with Crippen LogP contribution in [-0.4, -0.2) is 39.2 Å². The van der Waals surface area contributed by atoms with Gasteiger partial charge in [-0.15, -0.1) is 0 Å². The number of halogens is 1. The third kappa shape index (κ3) is 4.30. The van der Waals surface area contributed by atoms with Gasteiger partial charge in [-0.2, -0.15) is 0 Å². The molecule has 3 rings (SSSR count). The van der Waals surface area contributed by atoms with Gasteiger partial charge >= 0.3 is 6.03 Å². The van der Waals surface area contributed by atoms with Gasteiger partial charge < -0.3 is 16.0 Å². The van der Waals surface area contributed by atoms with Crippen LogP contribution in [0.4, 0.5) is 9.18 Å².